The Morgan fingerprint density at radius 3 is 1.91 bits per heavy atom. The molecule has 0 unspecified atom stereocenters. The number of amides is 4. The Kier molecular flexibility index (Phi) is 16.2. The van der Waals surface area contributed by atoms with E-state index in [9.17, 15) is 24.0 Å². The van der Waals surface area contributed by atoms with Crippen LogP contribution in [0.1, 0.15) is 64.0 Å². The fraction of sp³-hybridized carbons (Fsp3) is 0.441. The highest BCUT2D eigenvalue weighted by molar-refractivity contribution is 5.91. The molecule has 0 spiro atoms. The van der Waals surface area contributed by atoms with Gasteiger partial charge < -0.3 is 35.5 Å². The summed E-state index contributed by atoms with van der Waals surface area (Å²) in [5.74, 6) is 0.548. The number of esters is 1. The van der Waals surface area contributed by atoms with Crippen molar-refractivity contribution in [2.24, 2.45) is 0 Å². The molecule has 2 aromatic rings. The van der Waals surface area contributed by atoms with Gasteiger partial charge in [0.25, 0.3) is 0 Å². The van der Waals surface area contributed by atoms with E-state index in [2.05, 4.69) is 27.2 Å². The predicted molar refractivity (Wildman–Crippen MR) is 171 cm³/mol. The highest BCUT2D eigenvalue weighted by Crippen LogP contribution is 2.10. The summed E-state index contributed by atoms with van der Waals surface area (Å²) in [4.78, 5) is 63.2. The van der Waals surface area contributed by atoms with Gasteiger partial charge in [0.05, 0.1) is 6.54 Å². The summed E-state index contributed by atoms with van der Waals surface area (Å²) >= 11 is 0. The van der Waals surface area contributed by atoms with Gasteiger partial charge in [-0.15, -0.1) is 6.42 Å². The minimum Gasteiger partial charge on any atom is -0.461 e. The molecule has 0 aliphatic heterocycles. The standard InChI is InChI=1S/C34H44N4O8/c1-5-21-35-30(40)27(18-12-13-22-36-32(42)45-24-26-16-10-7-11-17-26)37-31(41)28(38-33(43)46-34(2,3)4)19-20-29(39)44-23-25-14-8-6-9-15-25/h1,6-11,14-17,27-28H,12-13,18-24H2,2-4H3,(H,35,40)(H,36,42)(H,37,41)(H,38,43)/t27-,28-/m0/s1. The second-order valence-electron chi connectivity index (χ2n) is 11.4. The van der Waals surface area contributed by atoms with E-state index in [-0.39, 0.29) is 45.6 Å². The molecule has 12 heteroatoms. The second kappa shape index (κ2) is 20.1. The van der Waals surface area contributed by atoms with Crippen LogP contribution in [-0.4, -0.2) is 60.7 Å². The van der Waals surface area contributed by atoms with Gasteiger partial charge in [0.1, 0.15) is 30.9 Å². The summed E-state index contributed by atoms with van der Waals surface area (Å²) in [5, 5.41) is 10.4. The third-order valence-electron chi connectivity index (χ3n) is 6.29. The zero-order valence-electron chi connectivity index (χ0n) is 26.6. The van der Waals surface area contributed by atoms with Gasteiger partial charge in [-0.1, -0.05) is 66.6 Å². The molecule has 2 atom stereocenters. The second-order valence-corrected chi connectivity index (χ2v) is 11.4. The zero-order chi connectivity index (χ0) is 33.8. The van der Waals surface area contributed by atoms with Gasteiger partial charge in [0, 0.05) is 13.0 Å². The van der Waals surface area contributed by atoms with Crippen LogP contribution in [0.15, 0.2) is 60.7 Å². The Bertz CT molecular complexity index is 1310. The Hall–Kier alpha value is -5.05. The van der Waals surface area contributed by atoms with E-state index in [0.29, 0.717) is 12.8 Å². The van der Waals surface area contributed by atoms with E-state index in [4.69, 9.17) is 20.6 Å². The number of hydrogen-bond acceptors (Lipinski definition) is 8. The van der Waals surface area contributed by atoms with Crippen LogP contribution < -0.4 is 21.3 Å². The number of unbranched alkanes of at least 4 members (excludes halogenated alkanes) is 1. The maximum Gasteiger partial charge on any atom is 0.408 e. The Morgan fingerprint density at radius 2 is 1.33 bits per heavy atom. The van der Waals surface area contributed by atoms with Crippen LogP contribution in [0.3, 0.4) is 0 Å². The van der Waals surface area contributed by atoms with Crippen LogP contribution in [-0.2, 0) is 41.8 Å². The molecule has 0 aliphatic rings. The fourth-order valence-corrected chi connectivity index (χ4v) is 4.03. The largest absolute Gasteiger partial charge is 0.461 e. The molecule has 4 amide bonds. The van der Waals surface area contributed by atoms with Gasteiger partial charge >= 0.3 is 18.2 Å². The van der Waals surface area contributed by atoms with Gasteiger partial charge in [0.2, 0.25) is 11.8 Å². The fourth-order valence-electron chi connectivity index (χ4n) is 4.03. The highest BCUT2D eigenvalue weighted by atomic mass is 16.6. The molecule has 2 rings (SSSR count). The number of hydrogen-bond donors (Lipinski definition) is 4. The normalized spacial score (nSPS) is 12.0. The van der Waals surface area contributed by atoms with E-state index in [1.165, 1.54) is 0 Å². The van der Waals surface area contributed by atoms with Gasteiger partial charge in [-0.05, 0) is 57.6 Å². The third kappa shape index (κ3) is 16.1. The van der Waals surface area contributed by atoms with Crippen LogP contribution in [0.5, 0.6) is 0 Å². The number of rotatable bonds is 17. The molecule has 12 nitrogen and oxygen atoms in total. The average molecular weight is 637 g/mol. The zero-order valence-corrected chi connectivity index (χ0v) is 26.6. The lowest BCUT2D eigenvalue weighted by atomic mass is 10.1. The monoisotopic (exact) mass is 636 g/mol. The van der Waals surface area contributed by atoms with Crippen LogP contribution in [0, 0.1) is 12.3 Å². The molecule has 0 saturated heterocycles. The molecule has 0 aliphatic carbocycles. The Balaban J connectivity index is 1.95. The lowest BCUT2D eigenvalue weighted by Gasteiger charge is -2.25. The van der Waals surface area contributed by atoms with Crippen LogP contribution >= 0.6 is 0 Å². The van der Waals surface area contributed by atoms with Crippen molar-refractivity contribution in [3.8, 4) is 12.3 Å². The molecule has 4 N–H and O–H groups in total. The molecule has 0 bridgehead atoms. The minimum atomic E-state index is -1.21. The van der Waals surface area contributed by atoms with E-state index >= 15 is 0 Å². The number of carbonyl (C=O) groups is 5. The number of benzene rings is 2. The first kappa shape index (κ1) is 37.1. The summed E-state index contributed by atoms with van der Waals surface area (Å²) in [6, 6.07) is 16.2. The molecule has 2 aromatic carbocycles. The predicted octanol–water partition coefficient (Wildman–Crippen LogP) is 3.73. The quantitative estimate of drug-likeness (QED) is 0.0884. The van der Waals surface area contributed by atoms with Crippen molar-refractivity contribution in [1.29, 1.82) is 0 Å². The lowest BCUT2D eigenvalue weighted by Crippen LogP contribution is -2.54. The summed E-state index contributed by atoms with van der Waals surface area (Å²) < 4.78 is 15.8. The molecule has 0 heterocycles. The van der Waals surface area contributed by atoms with Gasteiger partial charge in [-0.25, -0.2) is 9.59 Å². The van der Waals surface area contributed by atoms with Crippen molar-refractivity contribution < 1.29 is 38.2 Å². The first-order valence-corrected chi connectivity index (χ1v) is 15.1. The Morgan fingerprint density at radius 1 is 0.739 bits per heavy atom. The highest BCUT2D eigenvalue weighted by Gasteiger charge is 2.29. The van der Waals surface area contributed by atoms with Crippen molar-refractivity contribution in [2.75, 3.05) is 13.1 Å². The van der Waals surface area contributed by atoms with Crippen molar-refractivity contribution in [3.63, 3.8) is 0 Å². The summed E-state index contributed by atoms with van der Waals surface area (Å²) in [6.07, 6.45) is 4.71. The summed E-state index contributed by atoms with van der Waals surface area (Å²) in [6.45, 7) is 5.46. The van der Waals surface area contributed by atoms with E-state index in [1.807, 2.05) is 60.7 Å². The van der Waals surface area contributed by atoms with Crippen LogP contribution in [0.25, 0.3) is 0 Å². The topological polar surface area (TPSA) is 161 Å². The number of carbonyl (C=O) groups excluding carboxylic acids is 5. The van der Waals surface area contributed by atoms with E-state index in [0.717, 1.165) is 11.1 Å². The van der Waals surface area contributed by atoms with Crippen LogP contribution in [0.4, 0.5) is 9.59 Å². The van der Waals surface area contributed by atoms with Gasteiger partial charge in [-0.3, -0.25) is 14.4 Å². The average Bonchev–Trinajstić information content (AvgIpc) is 3.02. The molecule has 0 aromatic heterocycles. The Labute approximate surface area is 270 Å². The first-order chi connectivity index (χ1) is 22.0. The van der Waals surface area contributed by atoms with Gasteiger partial charge in [-0.2, -0.15) is 0 Å². The molecule has 248 valence electrons. The summed E-state index contributed by atoms with van der Waals surface area (Å²) in [5.41, 5.74) is 0.828. The van der Waals surface area contributed by atoms with Crippen molar-refractivity contribution in [2.45, 2.75) is 83.8 Å². The molecular weight excluding hydrogens is 592 g/mol. The van der Waals surface area contributed by atoms with Crippen molar-refractivity contribution in [3.05, 3.63) is 71.8 Å². The number of terminal acetylenes is 1. The first-order valence-electron chi connectivity index (χ1n) is 15.1. The van der Waals surface area contributed by atoms with E-state index < -0.39 is 47.7 Å². The SMILES string of the molecule is C#CCNC(=O)[C@H](CCCCNC(=O)OCc1ccccc1)NC(=O)[C@H](CCC(=O)OCc1ccccc1)NC(=O)OC(C)(C)C. The van der Waals surface area contributed by atoms with Crippen molar-refractivity contribution in [1.82, 2.24) is 21.3 Å². The van der Waals surface area contributed by atoms with Crippen LogP contribution in [0.2, 0.25) is 0 Å². The maximum absolute atomic E-state index is 13.4. The minimum absolute atomic E-state index is 0.0488. The lowest BCUT2D eigenvalue weighted by molar-refractivity contribution is -0.145. The summed E-state index contributed by atoms with van der Waals surface area (Å²) in [7, 11) is 0. The van der Waals surface area contributed by atoms with Crippen molar-refractivity contribution >= 4 is 30.0 Å². The molecular formula is C34H44N4O8. The molecule has 0 radical (unpaired) electrons. The smallest absolute Gasteiger partial charge is 0.408 e. The maximum atomic E-state index is 13.4. The molecule has 46 heavy (non-hydrogen) atoms. The number of alkyl carbamates (subject to hydrolysis) is 2. The van der Waals surface area contributed by atoms with Gasteiger partial charge in [0.15, 0.2) is 0 Å². The third-order valence-corrected chi connectivity index (χ3v) is 6.29. The molecule has 0 saturated carbocycles. The van der Waals surface area contributed by atoms with E-state index in [1.54, 1.807) is 20.8 Å². The number of ether oxygens (including phenoxy) is 3. The molecule has 0 fully saturated rings. The number of nitrogens with one attached hydrogen (secondary N) is 4.